The zero-order valence-corrected chi connectivity index (χ0v) is 75.0. The quantitative estimate of drug-likeness (QED) is 0.0188. The molecule has 2 unspecified atom stereocenters. The fourth-order valence-corrected chi connectivity index (χ4v) is 14.8. The second kappa shape index (κ2) is 43.9. The number of aliphatic hydroxyl groups is 7. The van der Waals surface area contributed by atoms with Gasteiger partial charge in [0.15, 0.2) is 65.0 Å². The molecule has 13 rings (SSSR count). The molecular weight excluding hydrogens is 1720 g/mol. The number of nitrogens with two attached hydrogens (primary N) is 1. The monoisotopic (exact) mass is 1830 g/mol. The number of aromatic nitrogens is 8. The molecular formula is C83H117ClF7N11O23Si. The van der Waals surface area contributed by atoms with Crippen LogP contribution in [0.5, 0.6) is 6.01 Å². The fourth-order valence-electron chi connectivity index (χ4n) is 13.8. The molecule has 0 spiro atoms. The van der Waals surface area contributed by atoms with Gasteiger partial charge in [-0.25, -0.2) is 59.7 Å². The standard InChI is InChI=1S/C19H22FN3O3.C14H17N3O2Si.C10H14FN3O4.C10H13FN2O5.C8H14ClFO.C8H15FO2.C8H13FO2.C6H9FO4/c1-4-14-12(2)19(3,20)17(26-14)23-11-10-15(22-18(23)25)21-16(24)13-8-6-5-7-9-13;1-20(2,3)19-14-15-10-9-12(17-14)16-13(18)11-7-5-4-6-8-11;1-10(11)7(16)5(4-15)18-8(10)14-3-2-6(12)13-9(14)17;1-10(11)7(16)5(4-14)18-8(10)13-3-2-6(15)12-9(13)17;1-4-6-5(2)8(3,10)7(9)11-6;2*1-4-6-5(2)8(3,9)7(10)11-6;1-6(7)4(9)3(2-8)11-5(6)10/h5-12,14,17H,4H2,1-3H3,(H,21,22,24,25);4-10H,1-3H3,(H,15,16,17,18);2-3,5,7-8,15-16H,4H2,1H3,(H2,12,13,17);2-3,5,7-8,14,16H,4H2,1H3,(H,12,15,17);5-7H,4H2,1-3H3;5-7,10H,4H2,1-3H3;5-6H,4H2,1-3H3;3-4,8-9H,2H2,1H3/t12-,14-,17-,19-;;2*5-,7-,8-,10-;2*5-,6-,7?,8-;5-,6-,8-;3-,4-,6-/m1.111111/s1. The van der Waals surface area contributed by atoms with Crippen molar-refractivity contribution in [1.29, 1.82) is 0 Å². The summed E-state index contributed by atoms with van der Waals surface area (Å²) in [7, 11) is -1.76. The van der Waals surface area contributed by atoms with Gasteiger partial charge in [-0.1, -0.05) is 103 Å². The van der Waals surface area contributed by atoms with E-state index in [1.807, 2.05) is 77.4 Å². The Morgan fingerprint density at radius 1 is 0.492 bits per heavy atom. The van der Waals surface area contributed by atoms with E-state index in [9.17, 15) is 74.9 Å². The van der Waals surface area contributed by atoms with Crippen LogP contribution < -0.4 is 43.4 Å². The molecule has 12 N–H and O–H groups in total. The SMILES string of the molecule is CC[C@H]1OC(=O)[C@](C)(F)[C@@H]1C.CC[C@H]1OC(Cl)[C@](C)(F)[C@@H]1C.CC[C@H]1OC(O)[C@](C)(F)[C@@H]1C.CC[C@H]1O[C@@H](n2ccc(NC(=O)c3ccccc3)nc2=O)[C@](C)(F)[C@@H]1C.C[C@@]1(F)[C@H](O)[C@@H](CO)O[C@H]1n1ccc(=O)[nH]c1=O.C[C@@]1(F)[C@H](O)[C@@H](CO)O[C@H]1n1ccc(N)nc1=O.C[C@]1(F)C(=O)O[C@H](CO)[C@H]1O.C[Si](C)(C)Oc1nccc(NC(=O)c2ccccc2)n1. The first kappa shape index (κ1) is 106. The van der Waals surface area contributed by atoms with Crippen molar-refractivity contribution in [3.8, 4) is 6.01 Å². The van der Waals surface area contributed by atoms with Gasteiger partial charge < -0.3 is 89.7 Å². The van der Waals surface area contributed by atoms with Crippen LogP contribution in [0.15, 0.2) is 129 Å². The largest absolute Gasteiger partial charge is 0.518 e. The van der Waals surface area contributed by atoms with Crippen LogP contribution >= 0.6 is 11.6 Å². The summed E-state index contributed by atoms with van der Waals surface area (Å²) < 4.78 is 141. The number of aliphatic hydroxyl groups excluding tert-OH is 7. The Kier molecular flexibility index (Phi) is 36.8. The van der Waals surface area contributed by atoms with Crippen LogP contribution in [0.2, 0.25) is 19.6 Å². The summed E-state index contributed by atoms with van der Waals surface area (Å²) in [5, 5.41) is 69.2. The maximum absolute atomic E-state index is 15.1. The molecule has 11 heterocycles. The lowest BCUT2D eigenvalue weighted by Crippen LogP contribution is -2.43. The van der Waals surface area contributed by atoms with Crippen molar-refractivity contribution in [3.63, 3.8) is 0 Å². The number of carbonyl (C=O) groups excluding carboxylic acids is 4. The summed E-state index contributed by atoms with van der Waals surface area (Å²) >= 11 is 5.67. The van der Waals surface area contributed by atoms with E-state index in [0.29, 0.717) is 35.8 Å². The van der Waals surface area contributed by atoms with Gasteiger partial charge in [0.2, 0.25) is 19.7 Å². The highest BCUT2D eigenvalue weighted by Crippen LogP contribution is 2.47. The van der Waals surface area contributed by atoms with Crippen LogP contribution in [-0.2, 0) is 42.7 Å². The van der Waals surface area contributed by atoms with Crippen LogP contribution in [0.1, 0.15) is 169 Å². The minimum absolute atomic E-state index is 0.00839. The van der Waals surface area contributed by atoms with Crippen molar-refractivity contribution in [1.82, 2.24) is 38.6 Å². The number of nitrogens with zero attached hydrogens (tertiary/aromatic N) is 7. The number of esters is 2. The van der Waals surface area contributed by atoms with E-state index in [2.05, 4.69) is 35.3 Å². The lowest BCUT2D eigenvalue weighted by Gasteiger charge is -2.25. The Hall–Kier alpha value is -9.02. The molecule has 0 aliphatic carbocycles. The topological polar surface area (TPSA) is 484 Å². The minimum atomic E-state index is -2.38. The van der Waals surface area contributed by atoms with E-state index in [4.69, 9.17) is 75.7 Å². The van der Waals surface area contributed by atoms with Crippen LogP contribution in [0.25, 0.3) is 0 Å². The molecule has 2 aromatic carbocycles. The number of amides is 2. The Bertz CT molecular complexity index is 4750. The number of hydrogen-bond acceptors (Lipinski definition) is 28. The lowest BCUT2D eigenvalue weighted by atomic mass is 9.88. The van der Waals surface area contributed by atoms with E-state index in [1.165, 1.54) is 52.2 Å². The number of alkyl halides is 8. The van der Waals surface area contributed by atoms with Gasteiger partial charge in [-0.2, -0.15) is 15.0 Å². The number of cyclic esters (lactones) is 2. The van der Waals surface area contributed by atoms with Crippen molar-refractivity contribution in [2.45, 2.75) is 280 Å². The second-order valence-electron chi connectivity index (χ2n) is 33.2. The molecule has 6 aromatic rings. The van der Waals surface area contributed by atoms with Gasteiger partial charge in [-0.05, 0) is 136 Å². The molecule has 2 amide bonds. The van der Waals surface area contributed by atoms with Crippen molar-refractivity contribution in [2.75, 3.05) is 36.2 Å². The zero-order valence-electron chi connectivity index (χ0n) is 73.2. The van der Waals surface area contributed by atoms with Gasteiger partial charge >= 0.3 is 35.0 Å². The first-order valence-corrected chi connectivity index (χ1v) is 44.6. The molecule has 7 aliphatic rings. The Balaban J connectivity index is 0.000000227. The third-order valence-electron chi connectivity index (χ3n) is 22.8. The zero-order chi connectivity index (χ0) is 95.1. The summed E-state index contributed by atoms with van der Waals surface area (Å²) in [6, 6.07) is 23.3. The first-order valence-electron chi connectivity index (χ1n) is 40.7. The second-order valence-corrected chi connectivity index (χ2v) is 38.0. The smallest absolute Gasteiger partial charge is 0.351 e. The molecule has 0 bridgehead atoms. The maximum atomic E-state index is 15.1. The normalized spacial score (nSPS) is 34.5. The number of hydrogen-bond donors (Lipinski definition) is 11. The average Bonchev–Trinajstić information content (AvgIpc) is 1.61. The molecule has 43 heteroatoms. The average molecular weight is 1830 g/mol. The highest BCUT2D eigenvalue weighted by molar-refractivity contribution is 6.70. The third kappa shape index (κ3) is 25.3. The summed E-state index contributed by atoms with van der Waals surface area (Å²) in [4.78, 5) is 110. The molecule has 702 valence electrons. The number of rotatable bonds is 16. The van der Waals surface area contributed by atoms with Crippen LogP contribution in [0.4, 0.5) is 48.2 Å². The number of halogens is 8. The number of nitrogens with one attached hydrogen (secondary N) is 3. The number of aromatic amines is 1. The Labute approximate surface area is 728 Å². The van der Waals surface area contributed by atoms with Crippen molar-refractivity contribution >= 4 is 61.1 Å². The number of carbonyl (C=O) groups is 4. The summed E-state index contributed by atoms with van der Waals surface area (Å²) in [6.07, 6.45) is -5.51. The Morgan fingerprint density at radius 3 is 1.25 bits per heavy atom. The van der Waals surface area contributed by atoms with Crippen LogP contribution in [0, 0.1) is 23.7 Å². The highest BCUT2D eigenvalue weighted by atomic mass is 35.5. The number of benzene rings is 2. The molecule has 0 radical (unpaired) electrons. The highest BCUT2D eigenvalue weighted by Gasteiger charge is 2.59. The van der Waals surface area contributed by atoms with Crippen LogP contribution in [0.3, 0.4) is 0 Å². The predicted octanol–water partition coefficient (Wildman–Crippen LogP) is 8.31. The molecule has 26 atom stereocenters. The van der Waals surface area contributed by atoms with E-state index in [1.54, 1.807) is 75.5 Å². The van der Waals surface area contributed by atoms with Gasteiger partial charge in [-0.3, -0.25) is 33.1 Å². The maximum Gasteiger partial charge on any atom is 0.351 e. The van der Waals surface area contributed by atoms with Gasteiger partial charge in [0.25, 0.3) is 17.4 Å². The summed E-state index contributed by atoms with van der Waals surface area (Å²) in [6.45, 7) is 28.0. The molecule has 0 saturated carbocycles. The summed E-state index contributed by atoms with van der Waals surface area (Å²) in [5.74, 6) is -2.85. The van der Waals surface area contributed by atoms with E-state index in [0.717, 1.165) is 59.6 Å². The first-order chi connectivity index (χ1) is 58.5. The predicted molar refractivity (Wildman–Crippen MR) is 448 cm³/mol. The number of H-pyrrole nitrogens is 1. The molecule has 7 aliphatic heterocycles. The fraction of sp³-hybridized carbons (Fsp3) is 0.614. The third-order valence-corrected chi connectivity index (χ3v) is 24.1. The van der Waals surface area contributed by atoms with Gasteiger partial charge in [-0.15, -0.1) is 0 Å². The lowest BCUT2D eigenvalue weighted by molar-refractivity contribution is -0.150. The molecule has 126 heavy (non-hydrogen) atoms. The van der Waals surface area contributed by atoms with Crippen LogP contribution in [-0.4, -0.2) is 239 Å². The minimum Gasteiger partial charge on any atom is -0.518 e. The van der Waals surface area contributed by atoms with E-state index >= 15 is 4.39 Å². The summed E-state index contributed by atoms with van der Waals surface area (Å²) in [5.41, 5.74) is -10.6. The number of anilines is 3. The van der Waals surface area contributed by atoms with E-state index in [-0.39, 0.29) is 71.5 Å². The van der Waals surface area contributed by atoms with Crippen molar-refractivity contribution in [3.05, 3.63) is 163 Å². The molecule has 7 saturated heterocycles. The van der Waals surface area contributed by atoms with Crippen molar-refractivity contribution in [2.24, 2.45) is 23.7 Å². The van der Waals surface area contributed by atoms with Gasteiger partial charge in [0.1, 0.15) is 54.1 Å². The molecule has 4 aromatic heterocycles. The molecule has 7 fully saturated rings. The van der Waals surface area contributed by atoms with Gasteiger partial charge in [0, 0.05) is 65.7 Å². The number of nitrogen functional groups attached to an aromatic ring is 1. The molecule has 34 nitrogen and oxygen atoms in total. The van der Waals surface area contributed by atoms with Crippen molar-refractivity contribution < 1.29 is 123 Å². The van der Waals surface area contributed by atoms with E-state index < -0.39 is 170 Å². The Morgan fingerprint density at radius 2 is 0.897 bits per heavy atom. The number of ether oxygens (including phenoxy) is 7. The van der Waals surface area contributed by atoms with Gasteiger partial charge in [0.05, 0.1) is 38.1 Å².